The first-order valence-electron chi connectivity index (χ1n) is 5.01. The number of allylic oxidation sites excluding steroid dienone is 4. The lowest BCUT2D eigenvalue weighted by atomic mass is 10.1. The smallest absolute Gasteiger partial charge is 0.00342 e. The second-order valence-corrected chi connectivity index (χ2v) is 4.49. The van der Waals surface area contributed by atoms with Crippen LogP contribution in [0.15, 0.2) is 23.3 Å². The molecule has 0 rings (SSSR count). The summed E-state index contributed by atoms with van der Waals surface area (Å²) in [5.41, 5.74) is 2.95. The molecule has 0 amide bonds. The Kier molecular flexibility index (Phi) is 8.53. The molecular weight excluding hydrogens is 224 g/mol. The molecule has 1 heteroatoms. The van der Waals surface area contributed by atoms with E-state index in [0.717, 1.165) is 5.33 Å². The quantitative estimate of drug-likeness (QED) is 0.356. The van der Waals surface area contributed by atoms with E-state index in [0.29, 0.717) is 0 Å². The molecule has 0 aliphatic rings. The number of alkyl halides is 1. The van der Waals surface area contributed by atoms with Gasteiger partial charge in [0.1, 0.15) is 0 Å². The van der Waals surface area contributed by atoms with Crippen LogP contribution >= 0.6 is 15.9 Å². The second-order valence-electron chi connectivity index (χ2n) is 3.70. The van der Waals surface area contributed by atoms with E-state index in [1.165, 1.54) is 36.8 Å². The predicted molar refractivity (Wildman–Crippen MR) is 65.5 cm³/mol. The van der Waals surface area contributed by atoms with Gasteiger partial charge in [0.25, 0.3) is 0 Å². The zero-order valence-corrected chi connectivity index (χ0v) is 10.7. The Morgan fingerprint density at radius 2 is 1.77 bits per heavy atom. The third-order valence-corrected chi connectivity index (χ3v) is 2.48. The lowest BCUT2D eigenvalue weighted by Gasteiger charge is -1.98. The lowest BCUT2D eigenvalue weighted by Crippen LogP contribution is -1.79. The fourth-order valence-electron chi connectivity index (χ4n) is 1.12. The molecule has 0 aliphatic carbocycles. The standard InChI is InChI=1S/C12H21Br/c1-11(2)7-6-9-12(3)8-4-5-10-13/h7-8H,4-6,9-10H2,1-3H3/b12-8+. The van der Waals surface area contributed by atoms with E-state index < -0.39 is 0 Å². The summed E-state index contributed by atoms with van der Waals surface area (Å²) >= 11 is 3.43. The number of rotatable bonds is 6. The van der Waals surface area contributed by atoms with Gasteiger partial charge in [0.2, 0.25) is 0 Å². The van der Waals surface area contributed by atoms with Gasteiger partial charge in [-0.3, -0.25) is 0 Å². The van der Waals surface area contributed by atoms with Crippen LogP contribution in [0.4, 0.5) is 0 Å². The molecule has 0 nitrogen and oxygen atoms in total. The summed E-state index contributed by atoms with van der Waals surface area (Å²) < 4.78 is 0. The van der Waals surface area contributed by atoms with E-state index in [1.54, 1.807) is 0 Å². The van der Waals surface area contributed by atoms with Crippen LogP contribution in [0.25, 0.3) is 0 Å². The zero-order valence-electron chi connectivity index (χ0n) is 9.07. The van der Waals surface area contributed by atoms with E-state index in [-0.39, 0.29) is 0 Å². The summed E-state index contributed by atoms with van der Waals surface area (Å²) in [6.07, 6.45) is 9.54. The summed E-state index contributed by atoms with van der Waals surface area (Å²) in [7, 11) is 0. The van der Waals surface area contributed by atoms with Crippen molar-refractivity contribution in [2.24, 2.45) is 0 Å². The Hall–Kier alpha value is -0.0400. The Bertz CT molecular complexity index is 174. The van der Waals surface area contributed by atoms with Crippen molar-refractivity contribution < 1.29 is 0 Å². The van der Waals surface area contributed by atoms with E-state index in [9.17, 15) is 0 Å². The Labute approximate surface area is 91.2 Å². The van der Waals surface area contributed by atoms with Gasteiger partial charge in [-0.25, -0.2) is 0 Å². The molecule has 76 valence electrons. The van der Waals surface area contributed by atoms with Crippen molar-refractivity contribution in [2.45, 2.75) is 46.5 Å². The first-order chi connectivity index (χ1) is 6.16. The van der Waals surface area contributed by atoms with Gasteiger partial charge in [-0.2, -0.15) is 0 Å². The van der Waals surface area contributed by atoms with Crippen molar-refractivity contribution in [3.63, 3.8) is 0 Å². The average Bonchev–Trinajstić information content (AvgIpc) is 2.04. The maximum atomic E-state index is 3.43. The van der Waals surface area contributed by atoms with Gasteiger partial charge in [0, 0.05) is 5.33 Å². The first kappa shape index (κ1) is 13.0. The van der Waals surface area contributed by atoms with Crippen molar-refractivity contribution in [3.05, 3.63) is 23.3 Å². The van der Waals surface area contributed by atoms with Gasteiger partial charge < -0.3 is 0 Å². The molecule has 0 aromatic heterocycles. The van der Waals surface area contributed by atoms with Gasteiger partial charge >= 0.3 is 0 Å². The summed E-state index contributed by atoms with van der Waals surface area (Å²) in [5, 5.41) is 1.12. The first-order valence-corrected chi connectivity index (χ1v) is 6.14. The number of hydrogen-bond acceptors (Lipinski definition) is 0. The van der Waals surface area contributed by atoms with Crippen LogP contribution in [0.2, 0.25) is 0 Å². The number of halogens is 1. The molecule has 0 fully saturated rings. The van der Waals surface area contributed by atoms with Gasteiger partial charge in [0.05, 0.1) is 0 Å². The molecule has 0 spiro atoms. The van der Waals surface area contributed by atoms with Crippen molar-refractivity contribution in [1.29, 1.82) is 0 Å². The van der Waals surface area contributed by atoms with E-state index in [4.69, 9.17) is 0 Å². The Morgan fingerprint density at radius 1 is 1.08 bits per heavy atom. The van der Waals surface area contributed by atoms with E-state index in [2.05, 4.69) is 48.9 Å². The van der Waals surface area contributed by atoms with Gasteiger partial charge in [0.15, 0.2) is 0 Å². The largest absolute Gasteiger partial charge is 0.0928 e. The molecule has 13 heavy (non-hydrogen) atoms. The normalized spacial score (nSPS) is 11.5. The predicted octanol–water partition coefficient (Wildman–Crippen LogP) is 4.85. The maximum absolute atomic E-state index is 3.43. The molecule has 0 aliphatic heterocycles. The molecule has 0 saturated heterocycles. The Morgan fingerprint density at radius 3 is 2.31 bits per heavy atom. The molecule has 0 heterocycles. The molecule has 0 unspecified atom stereocenters. The van der Waals surface area contributed by atoms with E-state index in [1.807, 2.05) is 0 Å². The zero-order chi connectivity index (χ0) is 10.1. The molecule has 0 bridgehead atoms. The molecule has 0 atom stereocenters. The second kappa shape index (κ2) is 8.55. The highest BCUT2D eigenvalue weighted by Crippen LogP contribution is 2.08. The third-order valence-electron chi connectivity index (χ3n) is 1.92. The highest BCUT2D eigenvalue weighted by molar-refractivity contribution is 9.09. The molecule has 0 N–H and O–H groups in total. The van der Waals surface area contributed by atoms with Crippen LogP contribution in [0.1, 0.15) is 46.5 Å². The summed E-state index contributed by atoms with van der Waals surface area (Å²) in [5.74, 6) is 0. The van der Waals surface area contributed by atoms with Gasteiger partial charge in [-0.15, -0.1) is 0 Å². The molecular formula is C12H21Br. The fraction of sp³-hybridized carbons (Fsp3) is 0.667. The fourth-order valence-corrected chi connectivity index (χ4v) is 1.44. The summed E-state index contributed by atoms with van der Waals surface area (Å²) in [6, 6.07) is 0. The average molecular weight is 245 g/mol. The van der Waals surface area contributed by atoms with Gasteiger partial charge in [-0.1, -0.05) is 39.2 Å². The molecule has 0 saturated carbocycles. The maximum Gasteiger partial charge on any atom is 0.00342 e. The van der Waals surface area contributed by atoms with Gasteiger partial charge in [-0.05, 0) is 46.5 Å². The lowest BCUT2D eigenvalue weighted by molar-refractivity contribution is 0.917. The minimum Gasteiger partial charge on any atom is -0.0928 e. The van der Waals surface area contributed by atoms with Crippen LogP contribution in [0, 0.1) is 0 Å². The highest BCUT2D eigenvalue weighted by Gasteiger charge is 1.88. The Balaban J connectivity index is 3.55. The number of hydrogen-bond donors (Lipinski definition) is 0. The summed E-state index contributed by atoms with van der Waals surface area (Å²) in [4.78, 5) is 0. The monoisotopic (exact) mass is 244 g/mol. The van der Waals surface area contributed by atoms with Crippen LogP contribution < -0.4 is 0 Å². The topological polar surface area (TPSA) is 0 Å². The minimum atomic E-state index is 1.12. The highest BCUT2D eigenvalue weighted by atomic mass is 79.9. The number of unbranched alkanes of at least 4 members (excludes halogenated alkanes) is 1. The van der Waals surface area contributed by atoms with Crippen molar-refractivity contribution in [2.75, 3.05) is 5.33 Å². The van der Waals surface area contributed by atoms with Crippen LogP contribution in [0.3, 0.4) is 0 Å². The minimum absolute atomic E-state index is 1.12. The summed E-state index contributed by atoms with van der Waals surface area (Å²) in [6.45, 7) is 6.54. The third kappa shape index (κ3) is 9.88. The van der Waals surface area contributed by atoms with Crippen LogP contribution in [-0.2, 0) is 0 Å². The van der Waals surface area contributed by atoms with Crippen LogP contribution in [0.5, 0.6) is 0 Å². The van der Waals surface area contributed by atoms with E-state index >= 15 is 0 Å². The van der Waals surface area contributed by atoms with Crippen molar-refractivity contribution in [1.82, 2.24) is 0 Å². The van der Waals surface area contributed by atoms with Crippen molar-refractivity contribution >= 4 is 15.9 Å². The molecule has 0 aromatic rings. The van der Waals surface area contributed by atoms with Crippen LogP contribution in [-0.4, -0.2) is 5.33 Å². The molecule has 0 radical (unpaired) electrons. The van der Waals surface area contributed by atoms with Crippen molar-refractivity contribution in [3.8, 4) is 0 Å². The molecule has 0 aromatic carbocycles. The SMILES string of the molecule is CC(C)=CCC/C(C)=C/CCCBr.